The Balaban J connectivity index is 1.40. The number of nitrogens with one attached hydrogen (secondary N) is 2. The van der Waals surface area contributed by atoms with Crippen LogP contribution < -0.4 is 20.3 Å². The molecule has 11 heteroatoms. The molecule has 9 nitrogen and oxygen atoms in total. The maximum absolute atomic E-state index is 15.2. The molecule has 4 aromatic rings. The number of piperidine rings is 2. The molecule has 37 heavy (non-hydrogen) atoms. The van der Waals surface area contributed by atoms with Crippen LogP contribution in [0.3, 0.4) is 0 Å². The van der Waals surface area contributed by atoms with Crippen LogP contribution in [-0.4, -0.2) is 57.9 Å². The zero-order valence-electron chi connectivity index (χ0n) is 20.3. The molecule has 7 rings (SSSR count). The van der Waals surface area contributed by atoms with Gasteiger partial charge in [0.15, 0.2) is 11.6 Å². The highest BCUT2D eigenvalue weighted by molar-refractivity contribution is 6.09. The van der Waals surface area contributed by atoms with Crippen molar-refractivity contribution in [3.8, 4) is 17.1 Å². The molecule has 0 saturated carbocycles. The molecular formula is C26H25F2N7O2. The van der Waals surface area contributed by atoms with E-state index in [2.05, 4.69) is 30.6 Å². The highest BCUT2D eigenvalue weighted by atomic mass is 19.1. The molecule has 3 fully saturated rings. The molecule has 2 bridgehead atoms. The second-order valence-corrected chi connectivity index (χ2v) is 9.31. The van der Waals surface area contributed by atoms with Gasteiger partial charge < -0.3 is 20.3 Å². The summed E-state index contributed by atoms with van der Waals surface area (Å²) in [6, 6.07) is 7.68. The first-order valence-corrected chi connectivity index (χ1v) is 12.1. The van der Waals surface area contributed by atoms with Crippen LogP contribution in [0, 0.1) is 11.6 Å². The first-order chi connectivity index (χ1) is 17.9. The number of amides is 1. The maximum atomic E-state index is 15.2. The Morgan fingerprint density at radius 3 is 2.81 bits per heavy atom. The van der Waals surface area contributed by atoms with Crippen molar-refractivity contribution in [2.24, 2.45) is 7.05 Å². The topological polar surface area (TPSA) is 97.2 Å². The number of carbonyl (C=O) groups excluding carboxylic acids is 1. The fourth-order valence-corrected chi connectivity index (χ4v) is 5.37. The number of anilines is 2. The van der Waals surface area contributed by atoms with Crippen LogP contribution >= 0.6 is 0 Å². The number of methoxy groups -OCH3 is 1. The number of aryl methyl sites for hydroxylation is 1. The second-order valence-electron chi connectivity index (χ2n) is 9.31. The normalized spacial score (nSPS) is 18.9. The molecule has 0 unspecified atom stereocenters. The van der Waals surface area contributed by atoms with Crippen LogP contribution in [0.4, 0.5) is 20.2 Å². The fourth-order valence-electron chi connectivity index (χ4n) is 5.37. The van der Waals surface area contributed by atoms with E-state index in [1.165, 1.54) is 42.3 Å². The SMILES string of the molecule is COc1cccc(F)c1-c1nccc(C(=O)Nc2cc(F)c3c(cnn3C)c2N2C[C@H]3CC[C@@H]2CN3)n1. The van der Waals surface area contributed by atoms with Gasteiger partial charge in [0.2, 0.25) is 0 Å². The molecule has 3 aliphatic rings. The lowest BCUT2D eigenvalue weighted by molar-refractivity contribution is 0.102. The van der Waals surface area contributed by atoms with Gasteiger partial charge in [-0.25, -0.2) is 18.7 Å². The van der Waals surface area contributed by atoms with Crippen molar-refractivity contribution >= 4 is 28.2 Å². The number of aromatic nitrogens is 4. The highest BCUT2D eigenvalue weighted by Crippen LogP contribution is 2.40. The first kappa shape index (κ1) is 23.3. The molecule has 0 aliphatic carbocycles. The average molecular weight is 506 g/mol. The Bertz CT molecular complexity index is 1510. The monoisotopic (exact) mass is 505 g/mol. The van der Waals surface area contributed by atoms with Crippen LogP contribution in [0.25, 0.3) is 22.3 Å². The van der Waals surface area contributed by atoms with E-state index in [1.54, 1.807) is 19.3 Å². The van der Waals surface area contributed by atoms with Crippen molar-refractivity contribution < 1.29 is 18.3 Å². The molecular weight excluding hydrogens is 480 g/mol. The summed E-state index contributed by atoms with van der Waals surface area (Å²) in [5.41, 5.74) is 1.51. The first-order valence-electron chi connectivity index (χ1n) is 12.1. The van der Waals surface area contributed by atoms with Gasteiger partial charge in [-0.15, -0.1) is 0 Å². The minimum atomic E-state index is -0.572. The van der Waals surface area contributed by atoms with E-state index in [0.717, 1.165) is 31.6 Å². The summed E-state index contributed by atoms with van der Waals surface area (Å²) < 4.78 is 36.6. The minimum Gasteiger partial charge on any atom is -0.496 e. The molecule has 3 saturated heterocycles. The second kappa shape index (κ2) is 9.07. The number of halogens is 2. The van der Waals surface area contributed by atoms with Gasteiger partial charge in [0.25, 0.3) is 5.91 Å². The summed E-state index contributed by atoms with van der Waals surface area (Å²) in [7, 11) is 3.11. The molecule has 0 radical (unpaired) electrons. The van der Waals surface area contributed by atoms with Crippen LogP contribution in [-0.2, 0) is 7.05 Å². The summed E-state index contributed by atoms with van der Waals surface area (Å²) >= 11 is 0. The summed E-state index contributed by atoms with van der Waals surface area (Å²) in [5, 5.41) is 11.3. The van der Waals surface area contributed by atoms with E-state index >= 15 is 4.39 Å². The van der Waals surface area contributed by atoms with Gasteiger partial charge in [0, 0.05) is 49.9 Å². The number of piperazine rings is 1. The Morgan fingerprint density at radius 1 is 1.22 bits per heavy atom. The molecule has 5 heterocycles. The summed E-state index contributed by atoms with van der Waals surface area (Å²) in [6.07, 6.45) is 5.09. The predicted molar refractivity (Wildman–Crippen MR) is 135 cm³/mol. The summed E-state index contributed by atoms with van der Waals surface area (Å²) in [4.78, 5) is 24.1. The van der Waals surface area contributed by atoms with Gasteiger partial charge in [-0.2, -0.15) is 5.10 Å². The van der Waals surface area contributed by atoms with E-state index in [9.17, 15) is 9.18 Å². The Labute approximate surface area is 211 Å². The Hall–Kier alpha value is -4.12. The van der Waals surface area contributed by atoms with Crippen molar-refractivity contribution in [2.45, 2.75) is 24.9 Å². The zero-order valence-corrected chi connectivity index (χ0v) is 20.3. The maximum Gasteiger partial charge on any atom is 0.274 e. The van der Waals surface area contributed by atoms with Crippen LogP contribution in [0.2, 0.25) is 0 Å². The number of hydrogen-bond donors (Lipinski definition) is 2. The lowest BCUT2D eigenvalue weighted by atomic mass is 9.91. The van der Waals surface area contributed by atoms with Gasteiger partial charge in [-0.3, -0.25) is 9.48 Å². The molecule has 2 aromatic heterocycles. The molecule has 190 valence electrons. The smallest absolute Gasteiger partial charge is 0.274 e. The lowest BCUT2D eigenvalue weighted by Crippen LogP contribution is -2.61. The molecule has 2 N–H and O–H groups in total. The number of ether oxygens (including phenoxy) is 1. The molecule has 3 aliphatic heterocycles. The number of carbonyl (C=O) groups is 1. The van der Waals surface area contributed by atoms with Gasteiger partial charge in [-0.05, 0) is 31.0 Å². The lowest BCUT2D eigenvalue weighted by Gasteiger charge is -2.47. The third-order valence-corrected chi connectivity index (χ3v) is 7.14. The third-order valence-electron chi connectivity index (χ3n) is 7.14. The number of fused-ring (bicyclic) bond motifs is 4. The molecule has 2 atom stereocenters. The molecule has 2 aromatic carbocycles. The minimum absolute atomic E-state index is 0.00906. The van der Waals surface area contributed by atoms with Crippen molar-refractivity contribution in [1.82, 2.24) is 25.1 Å². The van der Waals surface area contributed by atoms with Gasteiger partial charge in [-0.1, -0.05) is 6.07 Å². The van der Waals surface area contributed by atoms with E-state index in [4.69, 9.17) is 4.74 Å². The summed E-state index contributed by atoms with van der Waals surface area (Å²) in [6.45, 7) is 1.56. The zero-order chi connectivity index (χ0) is 25.7. The van der Waals surface area contributed by atoms with Gasteiger partial charge >= 0.3 is 0 Å². The molecule has 1 amide bonds. The number of hydrogen-bond acceptors (Lipinski definition) is 7. The van der Waals surface area contributed by atoms with Crippen molar-refractivity contribution in [2.75, 3.05) is 30.4 Å². The van der Waals surface area contributed by atoms with Crippen LogP contribution in [0.15, 0.2) is 42.7 Å². The van der Waals surface area contributed by atoms with E-state index in [-0.39, 0.29) is 28.9 Å². The number of benzene rings is 2. The Kier molecular flexibility index (Phi) is 5.71. The summed E-state index contributed by atoms with van der Waals surface area (Å²) in [5.74, 6) is -1.37. The van der Waals surface area contributed by atoms with E-state index < -0.39 is 17.5 Å². The standard InChI is InChI=1S/C26H25F2N7O2/c1-34-23-16(12-31-34)24(35-13-14-6-7-15(35)11-30-14)20(10-18(23)28)33-26(36)19-8-9-29-25(32-19)22-17(27)4-3-5-21(22)37-2/h3-5,8-10,12,14-15,30H,6-7,11,13H2,1-2H3,(H,33,36)/t14-,15-/m1/s1. The van der Waals surface area contributed by atoms with E-state index in [1.807, 2.05) is 0 Å². The largest absolute Gasteiger partial charge is 0.496 e. The van der Waals surface area contributed by atoms with Crippen molar-refractivity contribution in [3.05, 3.63) is 60.1 Å². The Morgan fingerprint density at radius 2 is 2.08 bits per heavy atom. The third kappa shape index (κ3) is 3.95. The molecule has 0 spiro atoms. The quantitative estimate of drug-likeness (QED) is 0.429. The fraction of sp³-hybridized carbons (Fsp3) is 0.308. The van der Waals surface area contributed by atoms with Gasteiger partial charge in [0.1, 0.15) is 22.8 Å². The highest BCUT2D eigenvalue weighted by Gasteiger charge is 2.36. The van der Waals surface area contributed by atoms with Crippen LogP contribution in [0.5, 0.6) is 5.75 Å². The predicted octanol–water partition coefficient (Wildman–Crippen LogP) is 3.51. The van der Waals surface area contributed by atoms with Crippen LogP contribution in [0.1, 0.15) is 23.3 Å². The van der Waals surface area contributed by atoms with E-state index in [0.29, 0.717) is 22.6 Å². The van der Waals surface area contributed by atoms with Crippen molar-refractivity contribution in [3.63, 3.8) is 0 Å². The van der Waals surface area contributed by atoms with Crippen molar-refractivity contribution in [1.29, 1.82) is 0 Å². The average Bonchev–Trinajstić information content (AvgIpc) is 3.31. The van der Waals surface area contributed by atoms with Gasteiger partial charge in [0.05, 0.1) is 30.2 Å². The number of rotatable bonds is 5. The number of nitrogens with zero attached hydrogens (tertiary/aromatic N) is 5.